The molecule has 3 aromatic rings. The van der Waals surface area contributed by atoms with Crippen molar-refractivity contribution in [2.24, 2.45) is 0 Å². The molecule has 1 heterocycles. The Bertz CT molecular complexity index is 896. The second-order valence-corrected chi connectivity index (χ2v) is 6.13. The minimum absolute atomic E-state index is 0.166. The molecule has 0 bridgehead atoms. The Kier molecular flexibility index (Phi) is 5.40. The number of carbonyl (C=O) groups is 1. The number of methoxy groups -OCH3 is 2. The fraction of sp³-hybridized carbons (Fsp3) is 0.250. The molecule has 0 aliphatic carbocycles. The van der Waals surface area contributed by atoms with Crippen LogP contribution in [-0.2, 0) is 0 Å². The molecular formula is C20H22N4O3. The van der Waals surface area contributed by atoms with E-state index in [0.29, 0.717) is 17.1 Å². The largest absolute Gasteiger partial charge is 0.496 e. The molecule has 0 spiro atoms. The van der Waals surface area contributed by atoms with E-state index in [9.17, 15) is 4.79 Å². The monoisotopic (exact) mass is 366 g/mol. The van der Waals surface area contributed by atoms with Gasteiger partial charge in [0.15, 0.2) is 0 Å². The number of ether oxygens (including phenoxy) is 2. The Morgan fingerprint density at radius 3 is 2.26 bits per heavy atom. The van der Waals surface area contributed by atoms with Gasteiger partial charge < -0.3 is 14.8 Å². The Balaban J connectivity index is 1.76. The first kappa shape index (κ1) is 18.4. The average Bonchev–Trinajstić information content (AvgIpc) is 3.23. The van der Waals surface area contributed by atoms with Crippen LogP contribution >= 0.6 is 0 Å². The quantitative estimate of drug-likeness (QED) is 0.725. The third kappa shape index (κ3) is 3.92. The van der Waals surface area contributed by atoms with Gasteiger partial charge in [-0.05, 0) is 43.7 Å². The molecule has 7 heteroatoms. The SMILES string of the molecule is COc1cc(C(=O)NC(C)c2ccc(-n3cncn3)cc2)cc(OC)c1C. The smallest absolute Gasteiger partial charge is 0.252 e. The lowest BCUT2D eigenvalue weighted by Crippen LogP contribution is -2.26. The van der Waals surface area contributed by atoms with Gasteiger partial charge in [0.25, 0.3) is 5.91 Å². The standard InChI is InChI=1S/C20H22N4O3/c1-13-18(26-3)9-16(10-19(13)27-4)20(25)23-14(2)15-5-7-17(8-6-15)24-12-21-11-22-24/h5-12,14H,1-4H3,(H,23,25). The highest BCUT2D eigenvalue weighted by atomic mass is 16.5. The van der Waals surface area contributed by atoms with E-state index in [1.54, 1.807) is 37.4 Å². The molecule has 0 aliphatic rings. The van der Waals surface area contributed by atoms with Crippen molar-refractivity contribution in [3.63, 3.8) is 0 Å². The molecule has 1 amide bonds. The zero-order chi connectivity index (χ0) is 19.4. The predicted molar refractivity (Wildman–Crippen MR) is 102 cm³/mol. The summed E-state index contributed by atoms with van der Waals surface area (Å²) in [5, 5.41) is 7.10. The Labute approximate surface area is 158 Å². The van der Waals surface area contributed by atoms with Crippen LogP contribution in [0.25, 0.3) is 5.69 Å². The molecule has 1 aromatic heterocycles. The molecule has 0 saturated heterocycles. The summed E-state index contributed by atoms with van der Waals surface area (Å²) < 4.78 is 12.4. The molecule has 1 unspecified atom stereocenters. The average molecular weight is 366 g/mol. The van der Waals surface area contributed by atoms with Crippen LogP contribution in [0, 0.1) is 6.92 Å². The number of benzene rings is 2. The number of amides is 1. The van der Waals surface area contributed by atoms with Gasteiger partial charge in [-0.15, -0.1) is 0 Å². The van der Waals surface area contributed by atoms with Crippen LogP contribution in [-0.4, -0.2) is 34.9 Å². The van der Waals surface area contributed by atoms with Crippen LogP contribution in [0.15, 0.2) is 49.1 Å². The second kappa shape index (κ2) is 7.90. The van der Waals surface area contributed by atoms with Crippen LogP contribution in [0.2, 0.25) is 0 Å². The number of rotatable bonds is 6. The van der Waals surface area contributed by atoms with Crippen molar-refractivity contribution in [2.45, 2.75) is 19.9 Å². The summed E-state index contributed by atoms with van der Waals surface area (Å²) in [6.07, 6.45) is 3.12. The summed E-state index contributed by atoms with van der Waals surface area (Å²) in [6.45, 7) is 3.82. The molecule has 0 fully saturated rings. The number of aromatic nitrogens is 3. The number of nitrogens with one attached hydrogen (secondary N) is 1. The van der Waals surface area contributed by atoms with Gasteiger partial charge in [0.1, 0.15) is 24.2 Å². The maximum Gasteiger partial charge on any atom is 0.252 e. The second-order valence-electron chi connectivity index (χ2n) is 6.13. The van der Waals surface area contributed by atoms with Gasteiger partial charge in [-0.3, -0.25) is 4.79 Å². The number of hydrogen-bond donors (Lipinski definition) is 1. The Morgan fingerprint density at radius 2 is 1.74 bits per heavy atom. The maximum atomic E-state index is 12.7. The van der Waals surface area contributed by atoms with E-state index in [0.717, 1.165) is 16.8 Å². The van der Waals surface area contributed by atoms with Crippen LogP contribution in [0.4, 0.5) is 0 Å². The number of carbonyl (C=O) groups excluding carboxylic acids is 1. The molecule has 27 heavy (non-hydrogen) atoms. The molecule has 0 saturated carbocycles. The summed E-state index contributed by atoms with van der Waals surface area (Å²) in [6, 6.07) is 11.0. The summed E-state index contributed by atoms with van der Waals surface area (Å²) in [5.41, 5.74) is 3.23. The summed E-state index contributed by atoms with van der Waals surface area (Å²) in [5.74, 6) is 1.04. The van der Waals surface area contributed by atoms with Crippen molar-refractivity contribution < 1.29 is 14.3 Å². The predicted octanol–water partition coefficient (Wildman–Crippen LogP) is 3.08. The first-order valence-corrected chi connectivity index (χ1v) is 8.52. The molecule has 0 aliphatic heterocycles. The molecule has 1 atom stereocenters. The molecule has 140 valence electrons. The van der Waals surface area contributed by atoms with Gasteiger partial charge >= 0.3 is 0 Å². The Morgan fingerprint density at radius 1 is 1.11 bits per heavy atom. The van der Waals surface area contributed by atoms with E-state index < -0.39 is 0 Å². The minimum Gasteiger partial charge on any atom is -0.496 e. The van der Waals surface area contributed by atoms with E-state index in [1.807, 2.05) is 38.1 Å². The van der Waals surface area contributed by atoms with Gasteiger partial charge in [0.05, 0.1) is 25.9 Å². The minimum atomic E-state index is -0.195. The van der Waals surface area contributed by atoms with E-state index >= 15 is 0 Å². The third-order valence-electron chi connectivity index (χ3n) is 4.44. The van der Waals surface area contributed by atoms with E-state index in [-0.39, 0.29) is 11.9 Å². The van der Waals surface area contributed by atoms with Gasteiger partial charge in [-0.25, -0.2) is 9.67 Å². The summed E-state index contributed by atoms with van der Waals surface area (Å²) >= 11 is 0. The molecular weight excluding hydrogens is 344 g/mol. The van der Waals surface area contributed by atoms with Crippen molar-refractivity contribution in [3.8, 4) is 17.2 Å². The highest BCUT2D eigenvalue weighted by Crippen LogP contribution is 2.29. The zero-order valence-electron chi connectivity index (χ0n) is 15.8. The van der Waals surface area contributed by atoms with Gasteiger partial charge in [0, 0.05) is 11.1 Å². The molecule has 7 nitrogen and oxygen atoms in total. The number of nitrogens with zero attached hydrogens (tertiary/aromatic N) is 3. The van der Waals surface area contributed by atoms with Crippen molar-refractivity contribution in [1.29, 1.82) is 0 Å². The van der Waals surface area contributed by atoms with Crippen molar-refractivity contribution >= 4 is 5.91 Å². The lowest BCUT2D eigenvalue weighted by molar-refractivity contribution is 0.0939. The molecule has 0 radical (unpaired) electrons. The first-order valence-electron chi connectivity index (χ1n) is 8.52. The van der Waals surface area contributed by atoms with Crippen molar-refractivity contribution in [3.05, 3.63) is 65.7 Å². The Hall–Kier alpha value is -3.35. The summed E-state index contributed by atoms with van der Waals surface area (Å²) in [4.78, 5) is 16.6. The highest BCUT2D eigenvalue weighted by molar-refractivity contribution is 5.95. The van der Waals surface area contributed by atoms with Gasteiger partial charge in [-0.1, -0.05) is 12.1 Å². The molecule has 1 N–H and O–H groups in total. The first-order chi connectivity index (χ1) is 13.0. The maximum absolute atomic E-state index is 12.7. The third-order valence-corrected chi connectivity index (χ3v) is 4.44. The van der Waals surface area contributed by atoms with Crippen molar-refractivity contribution in [1.82, 2.24) is 20.1 Å². The van der Waals surface area contributed by atoms with Crippen LogP contribution < -0.4 is 14.8 Å². The van der Waals surface area contributed by atoms with Crippen LogP contribution in [0.3, 0.4) is 0 Å². The van der Waals surface area contributed by atoms with E-state index in [2.05, 4.69) is 15.4 Å². The van der Waals surface area contributed by atoms with Gasteiger partial charge in [-0.2, -0.15) is 5.10 Å². The fourth-order valence-electron chi connectivity index (χ4n) is 2.84. The zero-order valence-corrected chi connectivity index (χ0v) is 15.8. The van der Waals surface area contributed by atoms with Gasteiger partial charge in [0.2, 0.25) is 0 Å². The highest BCUT2D eigenvalue weighted by Gasteiger charge is 2.16. The summed E-state index contributed by atoms with van der Waals surface area (Å²) in [7, 11) is 3.14. The topological polar surface area (TPSA) is 78.3 Å². The fourth-order valence-corrected chi connectivity index (χ4v) is 2.84. The van der Waals surface area contributed by atoms with Crippen LogP contribution in [0.1, 0.15) is 34.5 Å². The lowest BCUT2D eigenvalue weighted by Gasteiger charge is -2.17. The van der Waals surface area contributed by atoms with Crippen LogP contribution in [0.5, 0.6) is 11.5 Å². The molecule has 3 rings (SSSR count). The number of hydrogen-bond acceptors (Lipinski definition) is 5. The normalized spacial score (nSPS) is 11.7. The molecule has 2 aromatic carbocycles. The van der Waals surface area contributed by atoms with Crippen molar-refractivity contribution in [2.75, 3.05) is 14.2 Å². The van der Waals surface area contributed by atoms with E-state index in [1.165, 1.54) is 6.33 Å². The lowest BCUT2D eigenvalue weighted by atomic mass is 10.1. The van der Waals surface area contributed by atoms with E-state index in [4.69, 9.17) is 9.47 Å².